The summed E-state index contributed by atoms with van der Waals surface area (Å²) in [7, 11) is 0. The summed E-state index contributed by atoms with van der Waals surface area (Å²) >= 11 is 0. The van der Waals surface area contributed by atoms with Crippen molar-refractivity contribution in [1.29, 1.82) is 0 Å². The van der Waals surface area contributed by atoms with Crippen LogP contribution in [0.2, 0.25) is 0 Å². The number of rotatable bonds is 2. The van der Waals surface area contributed by atoms with Gasteiger partial charge in [-0.3, -0.25) is 0 Å². The number of aliphatic carboxylic acids is 1. The SMILES string of the molecule is CCNC(=O)N1[C@H]2CC[C@@H](C2)[C@@H]1C(=O)O. The van der Waals surface area contributed by atoms with Crippen molar-refractivity contribution in [3.8, 4) is 0 Å². The molecule has 5 nitrogen and oxygen atoms in total. The van der Waals surface area contributed by atoms with Gasteiger partial charge >= 0.3 is 12.0 Å². The summed E-state index contributed by atoms with van der Waals surface area (Å²) in [6, 6.07) is -0.685. The fraction of sp³-hybridized carbons (Fsp3) is 0.800. The maximum absolute atomic E-state index is 11.7. The number of urea groups is 1. The van der Waals surface area contributed by atoms with Crippen molar-refractivity contribution in [1.82, 2.24) is 10.2 Å². The molecule has 1 saturated heterocycles. The predicted octanol–water partition coefficient (Wildman–Crippen LogP) is 0.653. The Morgan fingerprint density at radius 2 is 2.20 bits per heavy atom. The number of fused-ring (bicyclic) bond motifs is 2. The van der Waals surface area contributed by atoms with Crippen LogP contribution >= 0.6 is 0 Å². The number of hydrogen-bond acceptors (Lipinski definition) is 2. The molecular weight excluding hydrogens is 196 g/mol. The van der Waals surface area contributed by atoms with Gasteiger partial charge in [0.15, 0.2) is 0 Å². The van der Waals surface area contributed by atoms with Crippen LogP contribution < -0.4 is 5.32 Å². The van der Waals surface area contributed by atoms with E-state index in [0.29, 0.717) is 6.54 Å². The predicted molar refractivity (Wildman–Crippen MR) is 53.5 cm³/mol. The van der Waals surface area contributed by atoms with E-state index < -0.39 is 12.0 Å². The molecule has 0 unspecified atom stereocenters. The summed E-state index contributed by atoms with van der Waals surface area (Å²) in [5.74, 6) is -0.705. The minimum Gasteiger partial charge on any atom is -0.480 e. The number of amides is 2. The van der Waals surface area contributed by atoms with Crippen LogP contribution in [0.5, 0.6) is 0 Å². The van der Waals surface area contributed by atoms with Crippen LogP contribution in [0.25, 0.3) is 0 Å². The molecule has 5 heteroatoms. The molecule has 1 aliphatic heterocycles. The van der Waals surface area contributed by atoms with E-state index in [-0.39, 0.29) is 18.0 Å². The molecule has 2 N–H and O–H groups in total. The number of likely N-dealkylation sites (tertiary alicyclic amines) is 1. The highest BCUT2D eigenvalue weighted by atomic mass is 16.4. The zero-order valence-corrected chi connectivity index (χ0v) is 8.77. The summed E-state index contributed by atoms with van der Waals surface area (Å²) in [5, 5.41) is 11.8. The maximum Gasteiger partial charge on any atom is 0.326 e. The standard InChI is InChI=1S/C10H16N2O3/c1-2-11-10(15)12-7-4-3-6(5-7)8(12)9(13)14/h6-8H,2-5H2,1H3,(H,11,15)(H,13,14)/t6-,7-,8+/m0/s1. The van der Waals surface area contributed by atoms with Crippen molar-refractivity contribution in [3.63, 3.8) is 0 Å². The average molecular weight is 212 g/mol. The summed E-state index contributed by atoms with van der Waals surface area (Å²) in [4.78, 5) is 24.3. The second kappa shape index (κ2) is 3.72. The Morgan fingerprint density at radius 3 is 2.80 bits per heavy atom. The van der Waals surface area contributed by atoms with Gasteiger partial charge in [0.1, 0.15) is 6.04 Å². The average Bonchev–Trinajstić information content (AvgIpc) is 2.76. The summed E-state index contributed by atoms with van der Waals surface area (Å²) in [6.45, 7) is 2.38. The summed E-state index contributed by atoms with van der Waals surface area (Å²) in [6.07, 6.45) is 2.75. The van der Waals surface area contributed by atoms with Crippen molar-refractivity contribution < 1.29 is 14.7 Å². The number of nitrogens with zero attached hydrogens (tertiary/aromatic N) is 1. The third kappa shape index (κ3) is 1.56. The van der Waals surface area contributed by atoms with Crippen molar-refractivity contribution in [3.05, 3.63) is 0 Å². The molecule has 2 fully saturated rings. The number of carbonyl (C=O) groups excluding carboxylic acids is 1. The van der Waals surface area contributed by atoms with Gasteiger partial charge in [-0.05, 0) is 32.1 Å². The van der Waals surface area contributed by atoms with E-state index >= 15 is 0 Å². The number of carboxylic acids is 1. The highest BCUT2D eigenvalue weighted by molar-refractivity contribution is 5.84. The molecule has 84 valence electrons. The van der Waals surface area contributed by atoms with Crippen LogP contribution in [-0.2, 0) is 4.79 Å². The second-order valence-electron chi connectivity index (χ2n) is 4.25. The van der Waals surface area contributed by atoms with E-state index in [1.807, 2.05) is 6.92 Å². The zero-order chi connectivity index (χ0) is 11.0. The first-order chi connectivity index (χ1) is 7.15. The van der Waals surface area contributed by atoms with Crippen LogP contribution in [0, 0.1) is 5.92 Å². The van der Waals surface area contributed by atoms with Crippen molar-refractivity contribution in [2.45, 2.75) is 38.3 Å². The molecule has 2 bridgehead atoms. The largest absolute Gasteiger partial charge is 0.480 e. The normalized spacial score (nSPS) is 33.1. The highest BCUT2D eigenvalue weighted by Crippen LogP contribution is 2.42. The first kappa shape index (κ1) is 10.3. The molecular formula is C10H16N2O3. The molecule has 0 aromatic carbocycles. The van der Waals surface area contributed by atoms with E-state index in [4.69, 9.17) is 5.11 Å². The Labute approximate surface area is 88.4 Å². The Kier molecular flexibility index (Phi) is 2.54. The van der Waals surface area contributed by atoms with Gasteiger partial charge in [0, 0.05) is 12.6 Å². The molecule has 2 aliphatic rings. The highest BCUT2D eigenvalue weighted by Gasteiger charge is 2.51. The summed E-state index contributed by atoms with van der Waals surface area (Å²) in [5.41, 5.74) is 0. The van der Waals surface area contributed by atoms with Crippen molar-refractivity contribution in [2.75, 3.05) is 6.54 Å². The number of piperidine rings is 1. The lowest BCUT2D eigenvalue weighted by Crippen LogP contribution is -2.52. The Balaban J connectivity index is 2.14. The number of nitrogens with one attached hydrogen (secondary N) is 1. The molecule has 2 amide bonds. The maximum atomic E-state index is 11.7. The van der Waals surface area contributed by atoms with Crippen LogP contribution in [0.15, 0.2) is 0 Å². The minimum atomic E-state index is -0.867. The van der Waals surface area contributed by atoms with Gasteiger partial charge in [0.05, 0.1) is 0 Å². The first-order valence-electron chi connectivity index (χ1n) is 5.44. The van der Waals surface area contributed by atoms with Gasteiger partial charge in [-0.15, -0.1) is 0 Å². The Hall–Kier alpha value is -1.26. The molecule has 0 radical (unpaired) electrons. The second-order valence-corrected chi connectivity index (χ2v) is 4.25. The lowest BCUT2D eigenvalue weighted by Gasteiger charge is -2.32. The molecule has 2 rings (SSSR count). The molecule has 1 aliphatic carbocycles. The molecule has 15 heavy (non-hydrogen) atoms. The quantitative estimate of drug-likeness (QED) is 0.706. The van der Waals surface area contributed by atoms with Gasteiger partial charge in [-0.1, -0.05) is 0 Å². The smallest absolute Gasteiger partial charge is 0.326 e. The number of carboxylic acid groups (broad SMARTS) is 1. The summed E-state index contributed by atoms with van der Waals surface area (Å²) < 4.78 is 0. The minimum absolute atomic E-state index is 0.141. The van der Waals surface area contributed by atoms with Crippen molar-refractivity contribution >= 4 is 12.0 Å². The number of carbonyl (C=O) groups is 2. The monoisotopic (exact) mass is 212 g/mol. The lowest BCUT2D eigenvalue weighted by atomic mass is 9.99. The molecule has 1 heterocycles. The topological polar surface area (TPSA) is 69.6 Å². The molecule has 3 atom stereocenters. The molecule has 0 spiro atoms. The zero-order valence-electron chi connectivity index (χ0n) is 8.77. The van der Waals surface area contributed by atoms with E-state index in [9.17, 15) is 9.59 Å². The Morgan fingerprint density at radius 1 is 1.47 bits per heavy atom. The lowest BCUT2D eigenvalue weighted by molar-refractivity contribution is -0.143. The first-order valence-corrected chi connectivity index (χ1v) is 5.44. The van der Waals surface area contributed by atoms with Gasteiger partial charge in [-0.25, -0.2) is 9.59 Å². The van der Waals surface area contributed by atoms with Crippen LogP contribution in [0.3, 0.4) is 0 Å². The fourth-order valence-electron chi connectivity index (χ4n) is 2.84. The molecule has 0 aromatic heterocycles. The van der Waals surface area contributed by atoms with Gasteiger partial charge in [0.25, 0.3) is 0 Å². The molecule has 1 saturated carbocycles. The van der Waals surface area contributed by atoms with Gasteiger partial charge in [-0.2, -0.15) is 0 Å². The van der Waals surface area contributed by atoms with Crippen molar-refractivity contribution in [2.24, 2.45) is 5.92 Å². The van der Waals surface area contributed by atoms with Crippen LogP contribution in [0.4, 0.5) is 4.79 Å². The fourth-order valence-corrected chi connectivity index (χ4v) is 2.84. The van der Waals surface area contributed by atoms with Crippen LogP contribution in [0.1, 0.15) is 26.2 Å². The van der Waals surface area contributed by atoms with Gasteiger partial charge in [0.2, 0.25) is 0 Å². The van der Waals surface area contributed by atoms with E-state index in [0.717, 1.165) is 19.3 Å². The molecule has 0 aromatic rings. The van der Waals surface area contributed by atoms with Crippen LogP contribution in [-0.4, -0.2) is 40.6 Å². The van der Waals surface area contributed by atoms with Gasteiger partial charge < -0.3 is 15.3 Å². The Bertz CT molecular complexity index is 292. The van der Waals surface area contributed by atoms with E-state index in [1.165, 1.54) is 4.90 Å². The third-order valence-electron chi connectivity index (χ3n) is 3.40. The third-order valence-corrected chi connectivity index (χ3v) is 3.40. The van der Waals surface area contributed by atoms with E-state index in [1.54, 1.807) is 0 Å². The number of hydrogen-bond donors (Lipinski definition) is 2. The van der Waals surface area contributed by atoms with E-state index in [2.05, 4.69) is 5.32 Å².